The smallest absolute Gasteiger partial charge is 0.462 e. The van der Waals surface area contributed by atoms with Crippen molar-refractivity contribution in [1.82, 2.24) is 0 Å². The number of hydrogen-bond donors (Lipinski definition) is 3. The Labute approximate surface area is 620 Å². The van der Waals surface area contributed by atoms with Crippen molar-refractivity contribution in [3.05, 3.63) is 97.2 Å². The van der Waals surface area contributed by atoms with Gasteiger partial charge in [-0.15, -0.1) is 0 Å². The topological polar surface area (TPSA) is 237 Å². The van der Waals surface area contributed by atoms with Crippen LogP contribution in [0.25, 0.3) is 0 Å². The molecule has 0 bridgehead atoms. The summed E-state index contributed by atoms with van der Waals surface area (Å²) in [5, 5.41) is 10.6. The van der Waals surface area contributed by atoms with E-state index in [1.165, 1.54) is 89.9 Å². The second-order valence-corrected chi connectivity index (χ2v) is 29.9. The van der Waals surface area contributed by atoms with Crippen LogP contribution in [0.1, 0.15) is 349 Å². The zero-order chi connectivity index (χ0) is 74.6. The summed E-state index contributed by atoms with van der Waals surface area (Å²) < 4.78 is 68.6. The number of ether oxygens (including phenoxy) is 4. The van der Waals surface area contributed by atoms with Gasteiger partial charge in [0.1, 0.15) is 19.3 Å². The maximum absolute atomic E-state index is 13.1. The largest absolute Gasteiger partial charge is 0.472 e. The van der Waals surface area contributed by atoms with Gasteiger partial charge < -0.3 is 33.8 Å². The second kappa shape index (κ2) is 75.2. The first kappa shape index (κ1) is 98.0. The molecule has 0 aliphatic heterocycles. The lowest BCUT2D eigenvalue weighted by atomic mass is 10.1. The van der Waals surface area contributed by atoms with Crippen molar-refractivity contribution in [2.45, 2.75) is 367 Å². The molecule has 0 aromatic heterocycles. The molecule has 2 unspecified atom stereocenters. The number of hydrogen-bond acceptors (Lipinski definition) is 15. The van der Waals surface area contributed by atoms with E-state index in [4.69, 9.17) is 37.0 Å². The summed E-state index contributed by atoms with van der Waals surface area (Å²) in [7, 11) is -9.96. The van der Waals surface area contributed by atoms with E-state index in [0.29, 0.717) is 25.7 Å². The Morgan fingerprint density at radius 3 is 0.804 bits per heavy atom. The molecule has 0 rings (SSSR count). The number of allylic oxidation sites excluding steroid dienone is 16. The number of aliphatic hydroxyl groups is 1. The highest BCUT2D eigenvalue weighted by molar-refractivity contribution is 7.47. The molecule has 590 valence electrons. The Kier molecular flexibility index (Phi) is 72.3. The summed E-state index contributed by atoms with van der Waals surface area (Å²) in [6.07, 6.45) is 79.5. The summed E-state index contributed by atoms with van der Waals surface area (Å²) in [6, 6.07) is 0. The zero-order valence-corrected chi connectivity index (χ0v) is 66.3. The molecule has 0 saturated carbocycles. The Morgan fingerprint density at radius 2 is 0.510 bits per heavy atom. The highest BCUT2D eigenvalue weighted by Gasteiger charge is 2.30. The van der Waals surface area contributed by atoms with Crippen LogP contribution in [0.3, 0.4) is 0 Å². The third-order valence-corrected chi connectivity index (χ3v) is 18.9. The van der Waals surface area contributed by atoms with Crippen molar-refractivity contribution in [1.29, 1.82) is 0 Å². The van der Waals surface area contributed by atoms with E-state index in [1.54, 1.807) is 0 Å². The van der Waals surface area contributed by atoms with Gasteiger partial charge in [0.15, 0.2) is 12.2 Å². The minimum atomic E-state index is -4.98. The van der Waals surface area contributed by atoms with Gasteiger partial charge in [0.05, 0.1) is 26.4 Å². The van der Waals surface area contributed by atoms with Gasteiger partial charge in [-0.1, -0.05) is 273 Å². The SMILES string of the molecule is CC/C=C\C/C=C\C/C=C\C/C=C\C/C=C\CCCCCC(=O)OC[C@H](COP(=O)(O)OC[C@@H](O)COP(=O)(O)OC[C@@H](COC(=O)CCCCCCCCC/C=C\CCCCCC)OC(=O)CCCCCCC/C=C\CCCCCC)OC(=O)CCCCCCCCC/C=C\CCCCCC. The van der Waals surface area contributed by atoms with Crippen LogP contribution >= 0.6 is 15.6 Å². The molecule has 0 aromatic rings. The number of unbranched alkanes of at least 4 members (excludes halogenated alkanes) is 34. The molecule has 0 spiro atoms. The van der Waals surface area contributed by atoms with E-state index in [0.717, 1.165) is 180 Å². The molecular weight excluding hydrogens is 1330 g/mol. The third-order valence-electron chi connectivity index (χ3n) is 17.0. The van der Waals surface area contributed by atoms with Gasteiger partial charge in [0.2, 0.25) is 0 Å². The van der Waals surface area contributed by atoms with Gasteiger partial charge >= 0.3 is 39.5 Å². The standard InChI is InChI=1S/C83H146O17P2/c1-5-9-13-17-21-25-29-33-36-37-38-39-42-45-48-52-56-60-64-68-81(86)94-74-79(100-83(88)70-66-62-58-54-50-46-41-35-31-27-23-19-15-11-7-3)76-98-102(91,92)96-72-77(84)71-95-101(89,90)97-75-78(99-82(87)69-65-61-57-53-49-43-32-28-24-20-16-12-8-4)73-93-80(85)67-63-59-55-51-47-44-40-34-30-26-22-18-14-10-6-2/h9,13,21,25-28,30-33,36,38-39,45,48,77-79,84H,5-8,10-12,14-20,22-24,29,34-35,37,40-44,46-47,49-76H2,1-4H3,(H,89,90)(H,91,92)/b13-9-,25-21-,30-26-,31-27-,32-28-,36-33-,39-38-,48-45-/t77-,78+,79+/m0/s1. The minimum absolute atomic E-state index is 0.0824. The quantitative estimate of drug-likeness (QED) is 0.0169. The van der Waals surface area contributed by atoms with Crippen LogP contribution in [0.15, 0.2) is 97.2 Å². The normalized spacial score (nSPS) is 14.4. The van der Waals surface area contributed by atoms with Crippen molar-refractivity contribution in [2.24, 2.45) is 0 Å². The number of aliphatic hydroxyl groups excluding tert-OH is 1. The summed E-state index contributed by atoms with van der Waals surface area (Å²) in [6.45, 7) is 4.71. The summed E-state index contributed by atoms with van der Waals surface area (Å²) in [5.41, 5.74) is 0. The zero-order valence-electron chi connectivity index (χ0n) is 64.5. The van der Waals surface area contributed by atoms with Crippen LogP contribution < -0.4 is 0 Å². The van der Waals surface area contributed by atoms with Gasteiger partial charge in [0, 0.05) is 25.7 Å². The van der Waals surface area contributed by atoms with Crippen LogP contribution in [0, 0.1) is 0 Å². The number of phosphoric acid groups is 2. The third kappa shape index (κ3) is 74.3. The average molecular weight is 1480 g/mol. The molecule has 0 fully saturated rings. The Hall–Kier alpha value is -4.02. The van der Waals surface area contributed by atoms with Crippen molar-refractivity contribution < 1.29 is 80.2 Å². The van der Waals surface area contributed by atoms with E-state index in [1.807, 2.05) is 0 Å². The molecule has 0 aromatic carbocycles. The van der Waals surface area contributed by atoms with E-state index in [-0.39, 0.29) is 25.7 Å². The lowest BCUT2D eigenvalue weighted by molar-refractivity contribution is -0.161. The molecule has 5 atom stereocenters. The first-order valence-electron chi connectivity index (χ1n) is 40.5. The van der Waals surface area contributed by atoms with Crippen LogP contribution in [-0.4, -0.2) is 96.7 Å². The lowest BCUT2D eigenvalue weighted by Gasteiger charge is -2.21. The molecule has 0 amide bonds. The molecule has 17 nitrogen and oxygen atoms in total. The molecule has 102 heavy (non-hydrogen) atoms. The maximum Gasteiger partial charge on any atom is 0.472 e. The molecule has 19 heteroatoms. The molecule has 0 aliphatic carbocycles. The number of phosphoric ester groups is 2. The van der Waals surface area contributed by atoms with E-state index < -0.39 is 97.5 Å². The predicted octanol–water partition coefficient (Wildman–Crippen LogP) is 23.6. The Morgan fingerprint density at radius 1 is 0.284 bits per heavy atom. The number of rotatable bonds is 76. The van der Waals surface area contributed by atoms with Crippen molar-refractivity contribution in [2.75, 3.05) is 39.6 Å². The molecule has 0 saturated heterocycles. The van der Waals surface area contributed by atoms with E-state index >= 15 is 0 Å². The van der Waals surface area contributed by atoms with E-state index in [9.17, 15) is 43.2 Å². The number of carbonyl (C=O) groups is 4. The number of esters is 4. The van der Waals surface area contributed by atoms with Gasteiger partial charge in [0.25, 0.3) is 0 Å². The van der Waals surface area contributed by atoms with Gasteiger partial charge in [-0.25, -0.2) is 9.13 Å². The Bertz CT molecular complexity index is 2310. The lowest BCUT2D eigenvalue weighted by Crippen LogP contribution is -2.30. The molecular formula is C83H146O17P2. The highest BCUT2D eigenvalue weighted by Crippen LogP contribution is 2.45. The molecule has 3 N–H and O–H groups in total. The molecule has 0 aliphatic rings. The predicted molar refractivity (Wildman–Crippen MR) is 418 cm³/mol. The second-order valence-electron chi connectivity index (χ2n) is 27.0. The Balaban J connectivity index is 5.37. The fourth-order valence-electron chi connectivity index (χ4n) is 10.8. The fraction of sp³-hybridized carbons (Fsp3) is 0.759. The first-order chi connectivity index (χ1) is 49.7. The van der Waals surface area contributed by atoms with Gasteiger partial charge in [-0.3, -0.25) is 37.3 Å². The summed E-state index contributed by atoms with van der Waals surface area (Å²) in [4.78, 5) is 73.0. The number of carbonyl (C=O) groups excluding carboxylic acids is 4. The maximum atomic E-state index is 13.1. The summed E-state index contributed by atoms with van der Waals surface area (Å²) in [5.74, 6) is -2.21. The first-order valence-corrected chi connectivity index (χ1v) is 43.5. The van der Waals surface area contributed by atoms with Crippen LogP contribution in [0.5, 0.6) is 0 Å². The average Bonchev–Trinajstić information content (AvgIpc) is 0.924. The van der Waals surface area contributed by atoms with Gasteiger partial charge in [-0.2, -0.15) is 0 Å². The summed E-state index contributed by atoms with van der Waals surface area (Å²) >= 11 is 0. The highest BCUT2D eigenvalue weighted by atomic mass is 31.2. The van der Waals surface area contributed by atoms with Crippen LogP contribution in [0.4, 0.5) is 0 Å². The monoisotopic (exact) mass is 1480 g/mol. The van der Waals surface area contributed by atoms with Crippen molar-refractivity contribution in [3.8, 4) is 0 Å². The van der Waals surface area contributed by atoms with Crippen LogP contribution in [-0.2, 0) is 65.4 Å². The molecule has 0 heterocycles. The van der Waals surface area contributed by atoms with Gasteiger partial charge in [-0.05, 0) is 148 Å². The molecule has 0 radical (unpaired) electrons. The van der Waals surface area contributed by atoms with Crippen molar-refractivity contribution in [3.63, 3.8) is 0 Å². The van der Waals surface area contributed by atoms with E-state index in [2.05, 4.69) is 125 Å². The fourth-order valence-corrected chi connectivity index (χ4v) is 12.4. The minimum Gasteiger partial charge on any atom is -0.462 e. The van der Waals surface area contributed by atoms with Crippen molar-refractivity contribution >= 4 is 39.5 Å². The van der Waals surface area contributed by atoms with Crippen LogP contribution in [0.2, 0.25) is 0 Å².